The maximum absolute atomic E-state index is 13.3. The van der Waals surface area contributed by atoms with Gasteiger partial charge in [-0.3, -0.25) is 9.69 Å². The van der Waals surface area contributed by atoms with E-state index in [1.54, 1.807) is 18.2 Å². The van der Waals surface area contributed by atoms with Crippen LogP contribution in [0, 0.1) is 5.82 Å². The number of rotatable bonds is 2. The molecule has 23 heavy (non-hydrogen) atoms. The monoisotopic (exact) mass is 347 g/mol. The van der Waals surface area contributed by atoms with Crippen LogP contribution in [0.4, 0.5) is 10.1 Å². The van der Waals surface area contributed by atoms with E-state index in [9.17, 15) is 19.4 Å². The molecule has 0 spiro atoms. The van der Waals surface area contributed by atoms with Crippen LogP contribution >= 0.6 is 24.0 Å². The van der Waals surface area contributed by atoms with Gasteiger partial charge in [0.2, 0.25) is 0 Å². The molecular formula is C16H10FNO3S2. The van der Waals surface area contributed by atoms with Gasteiger partial charge in [-0.1, -0.05) is 36.1 Å². The molecule has 0 atom stereocenters. The molecule has 0 aliphatic carbocycles. The quantitative estimate of drug-likeness (QED) is 0.493. The van der Waals surface area contributed by atoms with E-state index in [1.165, 1.54) is 35.2 Å². The van der Waals surface area contributed by atoms with E-state index in [4.69, 9.17) is 12.2 Å². The van der Waals surface area contributed by atoms with Crippen molar-refractivity contribution in [1.82, 2.24) is 0 Å². The molecule has 7 heteroatoms. The number of amides is 1. The third-order valence-electron chi connectivity index (χ3n) is 3.16. The molecule has 0 radical (unpaired) electrons. The summed E-state index contributed by atoms with van der Waals surface area (Å²) in [6.45, 7) is 0. The molecule has 2 N–H and O–H groups in total. The number of anilines is 1. The van der Waals surface area contributed by atoms with Crippen molar-refractivity contribution in [1.29, 1.82) is 0 Å². The summed E-state index contributed by atoms with van der Waals surface area (Å²) in [7, 11) is 0. The first-order chi connectivity index (χ1) is 11.0. The lowest BCUT2D eigenvalue weighted by atomic mass is 10.2. The Labute approximate surface area is 140 Å². The highest BCUT2D eigenvalue weighted by Crippen LogP contribution is 2.37. The highest BCUT2D eigenvalue weighted by atomic mass is 32.2. The standard InChI is InChI=1S/C16H10FNO3S2/c17-10-2-1-3-11(8-10)18-15(21)14(23-16(18)22)7-9-4-5-12(19)13(20)6-9/h1-8,19-20H/b14-7-. The minimum atomic E-state index is -0.455. The van der Waals surface area contributed by atoms with Crippen LogP contribution in [0.15, 0.2) is 47.4 Å². The van der Waals surface area contributed by atoms with Gasteiger partial charge in [-0.2, -0.15) is 0 Å². The minimum absolute atomic E-state index is 0.241. The molecule has 1 amide bonds. The highest BCUT2D eigenvalue weighted by Gasteiger charge is 2.33. The van der Waals surface area contributed by atoms with E-state index < -0.39 is 5.82 Å². The lowest BCUT2D eigenvalue weighted by Crippen LogP contribution is -2.27. The largest absolute Gasteiger partial charge is 0.504 e. The van der Waals surface area contributed by atoms with E-state index >= 15 is 0 Å². The number of benzene rings is 2. The fourth-order valence-corrected chi connectivity index (χ4v) is 3.39. The Morgan fingerprint density at radius 1 is 1.13 bits per heavy atom. The first-order valence-electron chi connectivity index (χ1n) is 6.51. The van der Waals surface area contributed by atoms with E-state index in [2.05, 4.69) is 0 Å². The summed E-state index contributed by atoms with van der Waals surface area (Å²) in [5, 5.41) is 18.8. The summed E-state index contributed by atoms with van der Waals surface area (Å²) < 4.78 is 13.6. The van der Waals surface area contributed by atoms with Crippen molar-refractivity contribution in [2.45, 2.75) is 0 Å². The van der Waals surface area contributed by atoms with Gasteiger partial charge in [0.25, 0.3) is 5.91 Å². The van der Waals surface area contributed by atoms with Crippen molar-refractivity contribution in [3.05, 3.63) is 58.8 Å². The Balaban J connectivity index is 1.94. The summed E-state index contributed by atoms with van der Waals surface area (Å²) in [5.41, 5.74) is 0.907. The van der Waals surface area contributed by atoms with Crippen molar-refractivity contribution in [3.63, 3.8) is 0 Å². The van der Waals surface area contributed by atoms with Crippen molar-refractivity contribution in [2.75, 3.05) is 4.90 Å². The first kappa shape index (κ1) is 15.5. The van der Waals surface area contributed by atoms with Crippen LogP contribution in [0.1, 0.15) is 5.56 Å². The second-order valence-corrected chi connectivity index (χ2v) is 6.42. The maximum Gasteiger partial charge on any atom is 0.270 e. The number of phenolic OH excluding ortho intramolecular Hbond substituents is 2. The van der Waals surface area contributed by atoms with Crippen molar-refractivity contribution in [2.24, 2.45) is 0 Å². The predicted octanol–water partition coefficient (Wildman–Crippen LogP) is 3.64. The van der Waals surface area contributed by atoms with Crippen LogP contribution in [0.2, 0.25) is 0 Å². The van der Waals surface area contributed by atoms with Crippen molar-refractivity contribution in [3.8, 4) is 11.5 Å². The highest BCUT2D eigenvalue weighted by molar-refractivity contribution is 8.27. The number of phenols is 2. The van der Waals surface area contributed by atoms with Crippen LogP contribution in [0.25, 0.3) is 6.08 Å². The Bertz CT molecular complexity index is 851. The lowest BCUT2D eigenvalue weighted by molar-refractivity contribution is -0.113. The summed E-state index contributed by atoms with van der Waals surface area (Å²) in [6, 6.07) is 9.85. The van der Waals surface area contributed by atoms with Crippen LogP contribution < -0.4 is 4.90 Å². The molecule has 4 nitrogen and oxygen atoms in total. The van der Waals surface area contributed by atoms with Gasteiger partial charge >= 0.3 is 0 Å². The van der Waals surface area contributed by atoms with Gasteiger partial charge in [0.15, 0.2) is 15.8 Å². The molecule has 3 rings (SSSR count). The van der Waals surface area contributed by atoms with Crippen LogP contribution in [-0.4, -0.2) is 20.4 Å². The maximum atomic E-state index is 13.3. The molecule has 0 unspecified atom stereocenters. The number of hydrogen-bond donors (Lipinski definition) is 2. The summed E-state index contributed by atoms with van der Waals surface area (Å²) in [4.78, 5) is 14.1. The average Bonchev–Trinajstić information content (AvgIpc) is 2.77. The summed E-state index contributed by atoms with van der Waals surface area (Å²) >= 11 is 6.29. The third-order valence-corrected chi connectivity index (χ3v) is 4.46. The molecule has 1 aliphatic heterocycles. The van der Waals surface area contributed by atoms with Gasteiger partial charge in [0.05, 0.1) is 10.6 Å². The van der Waals surface area contributed by atoms with E-state index in [0.717, 1.165) is 11.8 Å². The zero-order valence-corrected chi connectivity index (χ0v) is 13.2. The fourth-order valence-electron chi connectivity index (χ4n) is 2.09. The molecule has 116 valence electrons. The number of nitrogens with zero attached hydrogens (tertiary/aromatic N) is 1. The third kappa shape index (κ3) is 3.06. The molecule has 1 fully saturated rings. The van der Waals surface area contributed by atoms with Gasteiger partial charge in [0.1, 0.15) is 5.82 Å². The van der Waals surface area contributed by atoms with E-state index in [0.29, 0.717) is 20.5 Å². The Morgan fingerprint density at radius 3 is 2.61 bits per heavy atom. The molecule has 0 aromatic heterocycles. The molecule has 1 heterocycles. The minimum Gasteiger partial charge on any atom is -0.504 e. The second kappa shape index (κ2) is 6.02. The smallest absolute Gasteiger partial charge is 0.270 e. The van der Waals surface area contributed by atoms with E-state index in [1.807, 2.05) is 0 Å². The normalized spacial score (nSPS) is 16.4. The molecule has 2 aromatic carbocycles. The van der Waals surface area contributed by atoms with Gasteiger partial charge in [0, 0.05) is 0 Å². The van der Waals surface area contributed by atoms with Gasteiger partial charge < -0.3 is 10.2 Å². The van der Waals surface area contributed by atoms with E-state index in [-0.39, 0.29) is 17.4 Å². The zero-order valence-electron chi connectivity index (χ0n) is 11.6. The van der Waals surface area contributed by atoms with Gasteiger partial charge in [-0.15, -0.1) is 0 Å². The fraction of sp³-hybridized carbons (Fsp3) is 0. The topological polar surface area (TPSA) is 60.8 Å². The average molecular weight is 347 g/mol. The van der Waals surface area contributed by atoms with Gasteiger partial charge in [-0.25, -0.2) is 4.39 Å². The van der Waals surface area contributed by atoms with Crippen LogP contribution in [0.3, 0.4) is 0 Å². The number of halogens is 1. The number of hydrogen-bond acceptors (Lipinski definition) is 5. The zero-order chi connectivity index (χ0) is 16.6. The number of thioether (sulfide) groups is 1. The van der Waals surface area contributed by atoms with Crippen molar-refractivity contribution >= 4 is 46.0 Å². The molecule has 1 saturated heterocycles. The van der Waals surface area contributed by atoms with Gasteiger partial charge in [-0.05, 0) is 42.0 Å². The number of carbonyl (C=O) groups is 1. The number of thiocarbonyl (C=S) groups is 1. The Morgan fingerprint density at radius 2 is 1.91 bits per heavy atom. The van der Waals surface area contributed by atoms with Crippen molar-refractivity contribution < 1.29 is 19.4 Å². The molecule has 1 aliphatic rings. The first-order valence-corrected chi connectivity index (χ1v) is 7.74. The molecular weight excluding hydrogens is 337 g/mol. The number of aromatic hydroxyl groups is 2. The predicted molar refractivity (Wildman–Crippen MR) is 91.8 cm³/mol. The molecule has 2 aromatic rings. The summed E-state index contributed by atoms with van der Waals surface area (Å²) in [5.74, 6) is -1.34. The lowest BCUT2D eigenvalue weighted by Gasteiger charge is -2.14. The number of carbonyl (C=O) groups excluding carboxylic acids is 1. The Kier molecular flexibility index (Phi) is 4.06. The van der Waals surface area contributed by atoms with Crippen LogP contribution in [0.5, 0.6) is 11.5 Å². The Hall–Kier alpha value is -2.38. The molecule has 0 bridgehead atoms. The summed E-state index contributed by atoms with van der Waals surface area (Å²) in [6.07, 6.45) is 1.55. The SMILES string of the molecule is O=C1/C(=C/c2ccc(O)c(O)c2)SC(=S)N1c1cccc(F)c1. The van der Waals surface area contributed by atoms with Crippen LogP contribution in [-0.2, 0) is 4.79 Å². The second-order valence-electron chi connectivity index (χ2n) is 4.75. The molecule has 0 saturated carbocycles.